The summed E-state index contributed by atoms with van der Waals surface area (Å²) in [7, 11) is 0. The molecule has 0 fully saturated rings. The van der Waals surface area contributed by atoms with E-state index in [1.165, 1.54) is 0 Å². The molecule has 108 valence electrons. The second kappa shape index (κ2) is 6.43. The Morgan fingerprint density at radius 2 is 2.20 bits per heavy atom. The number of ether oxygens (including phenoxy) is 1. The Morgan fingerprint density at radius 1 is 1.40 bits per heavy atom. The van der Waals surface area contributed by atoms with Gasteiger partial charge in [-0.1, -0.05) is 12.1 Å². The third-order valence-corrected chi connectivity index (χ3v) is 3.30. The Balaban J connectivity index is 2.18. The van der Waals surface area contributed by atoms with Crippen molar-refractivity contribution in [1.29, 1.82) is 0 Å². The van der Waals surface area contributed by atoms with Crippen LogP contribution in [0.3, 0.4) is 0 Å². The van der Waals surface area contributed by atoms with E-state index >= 15 is 0 Å². The monoisotopic (exact) mass is 275 g/mol. The summed E-state index contributed by atoms with van der Waals surface area (Å²) in [5.74, 6) is -0.0252. The van der Waals surface area contributed by atoms with Crippen LogP contribution in [0.15, 0.2) is 24.3 Å². The molecule has 0 aliphatic rings. The van der Waals surface area contributed by atoms with Gasteiger partial charge in [-0.2, -0.15) is 0 Å². The van der Waals surface area contributed by atoms with Crippen LogP contribution in [0.25, 0.3) is 10.9 Å². The molecular formula is C15H21N3O2. The van der Waals surface area contributed by atoms with Gasteiger partial charge < -0.3 is 20.4 Å². The normalized spacial score (nSPS) is 10.9. The zero-order valence-corrected chi connectivity index (χ0v) is 12.0. The van der Waals surface area contributed by atoms with Crippen molar-refractivity contribution in [1.82, 2.24) is 9.88 Å². The quantitative estimate of drug-likeness (QED) is 0.627. The number of aromatic amines is 1. The third kappa shape index (κ3) is 2.93. The molecule has 2 rings (SSSR count). The van der Waals surface area contributed by atoms with Gasteiger partial charge in [0.1, 0.15) is 5.69 Å². The number of H-pyrrole nitrogens is 1. The summed E-state index contributed by atoms with van der Waals surface area (Å²) in [5, 5.41) is 0.953. The molecule has 0 spiro atoms. The Morgan fingerprint density at radius 3 is 2.85 bits per heavy atom. The van der Waals surface area contributed by atoms with E-state index in [2.05, 4.69) is 4.98 Å². The minimum atomic E-state index is -0.0252. The molecule has 0 aliphatic heterocycles. The van der Waals surface area contributed by atoms with Crippen LogP contribution in [0.4, 0.5) is 5.69 Å². The molecule has 3 N–H and O–H groups in total. The van der Waals surface area contributed by atoms with Crippen LogP contribution in [0, 0.1) is 0 Å². The smallest absolute Gasteiger partial charge is 0.270 e. The van der Waals surface area contributed by atoms with Crippen molar-refractivity contribution in [3.8, 4) is 0 Å². The molecule has 5 heteroatoms. The van der Waals surface area contributed by atoms with Crippen molar-refractivity contribution in [2.75, 3.05) is 32.0 Å². The first kappa shape index (κ1) is 14.4. The number of aromatic nitrogens is 1. The maximum Gasteiger partial charge on any atom is 0.270 e. The molecule has 0 bridgehead atoms. The molecule has 20 heavy (non-hydrogen) atoms. The van der Waals surface area contributed by atoms with Gasteiger partial charge in [0.15, 0.2) is 0 Å². The largest absolute Gasteiger partial charge is 0.397 e. The van der Waals surface area contributed by atoms with Crippen LogP contribution >= 0.6 is 0 Å². The lowest BCUT2D eigenvalue weighted by molar-refractivity contribution is 0.0664. The molecular weight excluding hydrogens is 254 g/mol. The predicted molar refractivity (Wildman–Crippen MR) is 80.8 cm³/mol. The number of fused-ring (bicyclic) bond motifs is 1. The molecule has 1 amide bonds. The standard InChI is InChI=1S/C15H21N3O2/c1-3-18(8-9-20-4-2)15(19)13-10-11-6-5-7-12(16)14(11)17-13/h5-7,10,17H,3-4,8-9,16H2,1-2H3. The summed E-state index contributed by atoms with van der Waals surface area (Å²) >= 11 is 0. The molecule has 5 nitrogen and oxygen atoms in total. The number of carbonyl (C=O) groups is 1. The van der Waals surface area contributed by atoms with Gasteiger partial charge >= 0.3 is 0 Å². The second-order valence-electron chi connectivity index (χ2n) is 4.58. The first-order valence-corrected chi connectivity index (χ1v) is 6.91. The maximum absolute atomic E-state index is 12.4. The van der Waals surface area contributed by atoms with E-state index in [4.69, 9.17) is 10.5 Å². The number of anilines is 1. The highest BCUT2D eigenvalue weighted by molar-refractivity contribution is 6.00. The molecule has 0 unspecified atom stereocenters. The van der Waals surface area contributed by atoms with E-state index < -0.39 is 0 Å². The Bertz CT molecular complexity index is 592. The lowest BCUT2D eigenvalue weighted by Gasteiger charge is -2.19. The van der Waals surface area contributed by atoms with E-state index in [-0.39, 0.29) is 5.91 Å². The molecule has 0 saturated carbocycles. The zero-order chi connectivity index (χ0) is 14.5. The molecule has 0 atom stereocenters. The van der Waals surface area contributed by atoms with E-state index in [0.29, 0.717) is 37.7 Å². The molecule has 0 radical (unpaired) electrons. The van der Waals surface area contributed by atoms with Crippen LogP contribution in [0.5, 0.6) is 0 Å². The Labute approximate surface area is 118 Å². The summed E-state index contributed by atoms with van der Waals surface area (Å²) in [5.41, 5.74) is 7.93. The van der Waals surface area contributed by atoms with Crippen LogP contribution in [0.1, 0.15) is 24.3 Å². The number of nitrogens with one attached hydrogen (secondary N) is 1. The molecule has 1 aromatic carbocycles. The highest BCUT2D eigenvalue weighted by atomic mass is 16.5. The topological polar surface area (TPSA) is 71.3 Å². The van der Waals surface area contributed by atoms with E-state index in [1.807, 2.05) is 38.1 Å². The fraction of sp³-hybridized carbons (Fsp3) is 0.400. The van der Waals surface area contributed by atoms with Gasteiger partial charge in [-0.3, -0.25) is 4.79 Å². The van der Waals surface area contributed by atoms with Gasteiger partial charge in [-0.15, -0.1) is 0 Å². The molecule has 1 aromatic heterocycles. The number of hydrogen-bond donors (Lipinski definition) is 2. The van der Waals surface area contributed by atoms with Gasteiger partial charge in [0.2, 0.25) is 0 Å². The van der Waals surface area contributed by atoms with Crippen molar-refractivity contribution in [2.24, 2.45) is 0 Å². The number of nitrogens with zero attached hydrogens (tertiary/aromatic N) is 1. The number of rotatable bonds is 6. The second-order valence-corrected chi connectivity index (χ2v) is 4.58. The lowest BCUT2D eigenvalue weighted by atomic mass is 10.2. The first-order valence-electron chi connectivity index (χ1n) is 6.91. The average Bonchev–Trinajstić information content (AvgIpc) is 2.88. The minimum Gasteiger partial charge on any atom is -0.397 e. The number of nitrogens with two attached hydrogens (primary N) is 1. The summed E-state index contributed by atoms with van der Waals surface area (Å²) in [6.45, 7) is 6.36. The highest BCUT2D eigenvalue weighted by Crippen LogP contribution is 2.21. The lowest BCUT2D eigenvalue weighted by Crippen LogP contribution is -2.34. The molecule has 0 saturated heterocycles. The third-order valence-electron chi connectivity index (χ3n) is 3.30. The Hall–Kier alpha value is -2.01. The van der Waals surface area contributed by atoms with Crippen molar-refractivity contribution in [3.63, 3.8) is 0 Å². The van der Waals surface area contributed by atoms with E-state index in [1.54, 1.807) is 4.90 Å². The van der Waals surface area contributed by atoms with Crippen molar-refractivity contribution >= 4 is 22.5 Å². The number of carbonyl (C=O) groups excluding carboxylic acids is 1. The first-order chi connectivity index (χ1) is 9.67. The highest BCUT2D eigenvalue weighted by Gasteiger charge is 2.16. The van der Waals surface area contributed by atoms with E-state index in [9.17, 15) is 4.79 Å². The summed E-state index contributed by atoms with van der Waals surface area (Å²) in [6, 6.07) is 7.49. The average molecular weight is 275 g/mol. The fourth-order valence-electron chi connectivity index (χ4n) is 2.19. The van der Waals surface area contributed by atoms with Crippen LogP contribution in [-0.2, 0) is 4.74 Å². The summed E-state index contributed by atoms with van der Waals surface area (Å²) in [4.78, 5) is 17.3. The molecule has 2 aromatic rings. The van der Waals surface area contributed by atoms with Crippen LogP contribution in [0.2, 0.25) is 0 Å². The number of likely N-dealkylation sites (N-methyl/N-ethyl adjacent to an activating group) is 1. The molecule has 0 aliphatic carbocycles. The van der Waals surface area contributed by atoms with Gasteiger partial charge in [0.05, 0.1) is 17.8 Å². The number of amides is 1. The number of benzene rings is 1. The van der Waals surface area contributed by atoms with Gasteiger partial charge in [-0.25, -0.2) is 0 Å². The summed E-state index contributed by atoms with van der Waals surface area (Å²) in [6.07, 6.45) is 0. The Kier molecular flexibility index (Phi) is 4.63. The van der Waals surface area contributed by atoms with Gasteiger partial charge in [0.25, 0.3) is 5.91 Å². The van der Waals surface area contributed by atoms with E-state index in [0.717, 1.165) is 10.9 Å². The van der Waals surface area contributed by atoms with Crippen molar-refractivity contribution in [3.05, 3.63) is 30.0 Å². The SMILES string of the molecule is CCOCCN(CC)C(=O)c1cc2cccc(N)c2[nH]1. The number of para-hydroxylation sites is 1. The minimum absolute atomic E-state index is 0.0252. The number of hydrogen-bond acceptors (Lipinski definition) is 3. The maximum atomic E-state index is 12.4. The van der Waals surface area contributed by atoms with Gasteiger partial charge in [-0.05, 0) is 26.0 Å². The predicted octanol–water partition coefficient (Wildman–Crippen LogP) is 2.25. The fourth-order valence-corrected chi connectivity index (χ4v) is 2.19. The van der Waals surface area contributed by atoms with Gasteiger partial charge in [0, 0.05) is 25.1 Å². The van der Waals surface area contributed by atoms with Crippen molar-refractivity contribution in [2.45, 2.75) is 13.8 Å². The van der Waals surface area contributed by atoms with Crippen LogP contribution < -0.4 is 5.73 Å². The summed E-state index contributed by atoms with van der Waals surface area (Å²) < 4.78 is 5.31. The zero-order valence-electron chi connectivity index (χ0n) is 12.0. The van der Waals surface area contributed by atoms with Crippen LogP contribution in [-0.4, -0.2) is 42.1 Å². The molecule has 1 heterocycles. The number of nitrogen functional groups attached to an aromatic ring is 1. The van der Waals surface area contributed by atoms with Crippen molar-refractivity contribution < 1.29 is 9.53 Å².